The predicted molar refractivity (Wildman–Crippen MR) is 104 cm³/mol. The number of rotatable bonds is 4. The van der Waals surface area contributed by atoms with Gasteiger partial charge in [0.1, 0.15) is 0 Å². The van der Waals surface area contributed by atoms with E-state index >= 15 is 0 Å². The maximum absolute atomic E-state index is 12.8. The third-order valence-corrected chi connectivity index (χ3v) is 5.91. The number of nitrogens with zero attached hydrogens (tertiary/aromatic N) is 2. The van der Waals surface area contributed by atoms with Gasteiger partial charge in [0.25, 0.3) is 5.91 Å². The van der Waals surface area contributed by atoms with E-state index in [1.54, 1.807) is 0 Å². The van der Waals surface area contributed by atoms with Crippen LogP contribution in [-0.4, -0.2) is 60.5 Å². The van der Waals surface area contributed by atoms with Crippen molar-refractivity contribution in [2.75, 3.05) is 32.8 Å². The fourth-order valence-corrected chi connectivity index (χ4v) is 4.11. The highest BCUT2D eigenvalue weighted by atomic mass is 79.9. The van der Waals surface area contributed by atoms with Gasteiger partial charge in [-0.25, -0.2) is 0 Å². The van der Waals surface area contributed by atoms with Gasteiger partial charge in [0.15, 0.2) is 0 Å². The highest BCUT2D eigenvalue weighted by molar-refractivity contribution is 9.10. The van der Waals surface area contributed by atoms with Gasteiger partial charge in [0, 0.05) is 48.7 Å². The zero-order chi connectivity index (χ0) is 18.5. The van der Waals surface area contributed by atoms with Gasteiger partial charge in [-0.3, -0.25) is 9.59 Å². The van der Waals surface area contributed by atoms with Gasteiger partial charge >= 0.3 is 0 Å². The Morgan fingerprint density at radius 1 is 1.00 bits per heavy atom. The molecule has 2 aliphatic rings. The van der Waals surface area contributed by atoms with Gasteiger partial charge in [-0.1, -0.05) is 15.9 Å². The number of carbonyl (C=O) groups excluding carboxylic acids is 2. The summed E-state index contributed by atoms with van der Waals surface area (Å²) in [6.07, 6.45) is 3.68. The van der Waals surface area contributed by atoms with Crippen molar-refractivity contribution < 1.29 is 14.3 Å². The van der Waals surface area contributed by atoms with E-state index in [0.717, 1.165) is 49.9 Å². The third kappa shape index (κ3) is 4.65. The minimum atomic E-state index is 0.0487. The highest BCUT2D eigenvalue weighted by Gasteiger charge is 2.32. The van der Waals surface area contributed by atoms with Crippen LogP contribution in [0, 0.1) is 5.92 Å². The van der Waals surface area contributed by atoms with Gasteiger partial charge in [-0.2, -0.15) is 0 Å². The van der Waals surface area contributed by atoms with Crippen molar-refractivity contribution in [3.63, 3.8) is 0 Å². The fraction of sp³-hybridized carbons (Fsp3) is 0.600. The molecule has 0 unspecified atom stereocenters. The van der Waals surface area contributed by atoms with Crippen LogP contribution >= 0.6 is 15.9 Å². The second-order valence-electron chi connectivity index (χ2n) is 7.05. The summed E-state index contributed by atoms with van der Waals surface area (Å²) in [4.78, 5) is 29.2. The lowest BCUT2D eigenvalue weighted by Crippen LogP contribution is -2.47. The Balaban J connectivity index is 1.48. The minimum absolute atomic E-state index is 0.0487. The first kappa shape index (κ1) is 19.4. The summed E-state index contributed by atoms with van der Waals surface area (Å²) in [5, 5.41) is 0. The molecule has 0 radical (unpaired) electrons. The van der Waals surface area contributed by atoms with Crippen LogP contribution < -0.4 is 0 Å². The molecule has 2 amide bonds. The highest BCUT2D eigenvalue weighted by Crippen LogP contribution is 2.24. The van der Waals surface area contributed by atoms with Crippen molar-refractivity contribution in [2.45, 2.75) is 38.7 Å². The second kappa shape index (κ2) is 9.00. The van der Waals surface area contributed by atoms with E-state index in [1.807, 2.05) is 41.0 Å². The summed E-state index contributed by atoms with van der Waals surface area (Å²) in [5.74, 6) is 0.365. The van der Waals surface area contributed by atoms with Gasteiger partial charge in [0.05, 0.1) is 6.10 Å². The molecule has 0 spiro atoms. The summed E-state index contributed by atoms with van der Waals surface area (Å²) in [7, 11) is 0. The van der Waals surface area contributed by atoms with E-state index in [4.69, 9.17) is 4.74 Å². The molecule has 0 aromatic heterocycles. The first-order valence-electron chi connectivity index (χ1n) is 9.53. The number of amides is 2. The molecule has 2 heterocycles. The molecule has 2 fully saturated rings. The maximum Gasteiger partial charge on any atom is 0.253 e. The van der Waals surface area contributed by atoms with E-state index in [0.29, 0.717) is 24.8 Å². The Morgan fingerprint density at radius 2 is 1.58 bits per heavy atom. The molecule has 2 saturated heterocycles. The minimum Gasteiger partial charge on any atom is -0.378 e. The smallest absolute Gasteiger partial charge is 0.253 e. The molecule has 0 bridgehead atoms. The molecule has 1 aromatic carbocycles. The van der Waals surface area contributed by atoms with Crippen molar-refractivity contribution in [3.05, 3.63) is 34.3 Å². The monoisotopic (exact) mass is 422 g/mol. The molecule has 5 nitrogen and oxygen atoms in total. The van der Waals surface area contributed by atoms with E-state index in [9.17, 15) is 9.59 Å². The SMILES string of the molecule is CCOC1CCN(C(=O)C2CCN(C(=O)c3ccc(Br)cc3)CC2)CC1. The number of halogens is 1. The summed E-state index contributed by atoms with van der Waals surface area (Å²) >= 11 is 3.39. The van der Waals surface area contributed by atoms with Crippen molar-refractivity contribution in [1.82, 2.24) is 9.80 Å². The molecule has 1 aromatic rings. The first-order valence-corrected chi connectivity index (χ1v) is 10.3. The molecule has 142 valence electrons. The van der Waals surface area contributed by atoms with E-state index in [1.165, 1.54) is 0 Å². The molecular formula is C20H27BrN2O3. The van der Waals surface area contributed by atoms with Crippen LogP contribution in [0.5, 0.6) is 0 Å². The van der Waals surface area contributed by atoms with Crippen molar-refractivity contribution in [1.29, 1.82) is 0 Å². The molecule has 2 aliphatic heterocycles. The van der Waals surface area contributed by atoms with Crippen molar-refractivity contribution in [3.8, 4) is 0 Å². The van der Waals surface area contributed by atoms with Crippen LogP contribution in [0.15, 0.2) is 28.7 Å². The van der Waals surface area contributed by atoms with Gasteiger partial charge in [-0.05, 0) is 56.9 Å². The van der Waals surface area contributed by atoms with Crippen LogP contribution in [0.1, 0.15) is 43.0 Å². The number of hydrogen-bond donors (Lipinski definition) is 0. The van der Waals surface area contributed by atoms with Crippen LogP contribution in [0.25, 0.3) is 0 Å². The Kier molecular flexibility index (Phi) is 6.70. The summed E-state index contributed by atoms with van der Waals surface area (Å²) in [6.45, 7) is 5.65. The lowest BCUT2D eigenvalue weighted by atomic mass is 9.93. The van der Waals surface area contributed by atoms with Crippen LogP contribution in [0.4, 0.5) is 0 Å². The van der Waals surface area contributed by atoms with Crippen LogP contribution in [0.2, 0.25) is 0 Å². The largest absolute Gasteiger partial charge is 0.378 e. The first-order chi connectivity index (χ1) is 12.6. The summed E-state index contributed by atoms with van der Waals surface area (Å²) < 4.78 is 6.63. The molecule has 26 heavy (non-hydrogen) atoms. The number of likely N-dealkylation sites (tertiary alicyclic amines) is 2. The number of carbonyl (C=O) groups is 2. The Bertz CT molecular complexity index is 618. The molecule has 0 saturated carbocycles. The number of piperidine rings is 2. The van der Waals surface area contributed by atoms with E-state index < -0.39 is 0 Å². The Morgan fingerprint density at radius 3 is 2.15 bits per heavy atom. The van der Waals surface area contributed by atoms with Crippen LogP contribution in [-0.2, 0) is 9.53 Å². The molecule has 0 aliphatic carbocycles. The number of benzene rings is 1. The zero-order valence-corrected chi connectivity index (χ0v) is 16.9. The quantitative estimate of drug-likeness (QED) is 0.747. The average Bonchev–Trinajstić information content (AvgIpc) is 2.68. The fourth-order valence-electron chi connectivity index (χ4n) is 3.84. The molecule has 3 rings (SSSR count). The third-order valence-electron chi connectivity index (χ3n) is 5.38. The predicted octanol–water partition coefficient (Wildman–Crippen LogP) is 3.33. The lowest BCUT2D eigenvalue weighted by Gasteiger charge is -2.37. The van der Waals surface area contributed by atoms with E-state index in [-0.39, 0.29) is 17.7 Å². The standard InChI is InChI=1S/C20H27BrN2O3/c1-2-26-18-9-13-23(14-10-18)20(25)16-7-11-22(12-8-16)19(24)15-3-5-17(21)6-4-15/h3-6,16,18H,2,7-14H2,1H3. The molecule has 6 heteroatoms. The normalized spacial score (nSPS) is 19.6. The number of ether oxygens (including phenoxy) is 1. The summed E-state index contributed by atoms with van der Waals surface area (Å²) in [5.41, 5.74) is 0.705. The second-order valence-corrected chi connectivity index (χ2v) is 7.97. The maximum atomic E-state index is 12.8. The summed E-state index contributed by atoms with van der Waals surface area (Å²) in [6, 6.07) is 7.45. The molecule has 0 atom stereocenters. The van der Waals surface area contributed by atoms with Gasteiger partial charge < -0.3 is 14.5 Å². The van der Waals surface area contributed by atoms with Crippen LogP contribution in [0.3, 0.4) is 0 Å². The van der Waals surface area contributed by atoms with E-state index in [2.05, 4.69) is 15.9 Å². The molecular weight excluding hydrogens is 396 g/mol. The molecule has 0 N–H and O–H groups in total. The Hall–Kier alpha value is -1.40. The van der Waals surface area contributed by atoms with Gasteiger partial charge in [-0.15, -0.1) is 0 Å². The van der Waals surface area contributed by atoms with Crippen molar-refractivity contribution in [2.24, 2.45) is 5.92 Å². The average molecular weight is 423 g/mol. The lowest BCUT2D eigenvalue weighted by molar-refractivity contribution is -0.139. The van der Waals surface area contributed by atoms with Crippen molar-refractivity contribution >= 4 is 27.7 Å². The Labute approximate surface area is 163 Å². The van der Waals surface area contributed by atoms with Gasteiger partial charge in [0.2, 0.25) is 5.91 Å². The number of hydrogen-bond acceptors (Lipinski definition) is 3. The zero-order valence-electron chi connectivity index (χ0n) is 15.3. The topological polar surface area (TPSA) is 49.9 Å².